The molecular formula is C31H39ClFNOS. The lowest BCUT2D eigenvalue weighted by atomic mass is 10.00. The van der Waals surface area contributed by atoms with Gasteiger partial charge in [-0.3, -0.25) is 9.18 Å². The van der Waals surface area contributed by atoms with Crippen molar-refractivity contribution < 1.29 is 9.18 Å². The molecule has 194 valence electrons. The summed E-state index contributed by atoms with van der Waals surface area (Å²) in [5, 5.41) is 0.713. The quantitative estimate of drug-likeness (QED) is 0.290. The Bertz CT molecular complexity index is 1100. The summed E-state index contributed by atoms with van der Waals surface area (Å²) in [5.41, 5.74) is 4.92. The van der Waals surface area contributed by atoms with E-state index in [-0.39, 0.29) is 5.91 Å². The second-order valence-corrected chi connectivity index (χ2v) is 9.87. The van der Waals surface area contributed by atoms with Gasteiger partial charge in [0.2, 0.25) is 0 Å². The first-order valence-corrected chi connectivity index (χ1v) is 13.5. The van der Waals surface area contributed by atoms with E-state index in [1.165, 1.54) is 6.42 Å². The molecule has 2 nitrogen and oxygen atoms in total. The SMILES string of the molecule is C=C(c1ccc(Cl)cc1)c1ccccc1Sc1ccc(C(=O)N(C)CCCC)cc1C.CCC.CF. The standard InChI is InChI=1S/C27H28ClNOS.C3H8.CH3F/c1-5-6-17-29(4)27(30)22-13-16-25(19(2)18-22)31-26-10-8-7-9-24(26)20(3)21-11-14-23(28)15-12-21;1-3-2;1-2/h7-16,18H,3,5-6,17H2,1-2,4H3;3H2,1-2H3;1H3. The van der Waals surface area contributed by atoms with Gasteiger partial charge in [0.05, 0.1) is 7.18 Å². The number of aryl methyl sites for hydroxylation is 1. The molecule has 0 bridgehead atoms. The van der Waals surface area contributed by atoms with E-state index >= 15 is 0 Å². The second kappa shape index (κ2) is 17.0. The molecule has 5 heteroatoms. The smallest absolute Gasteiger partial charge is 0.253 e. The number of alkyl halides is 1. The molecule has 1 amide bonds. The third kappa shape index (κ3) is 9.48. The van der Waals surface area contributed by atoms with Crippen LogP contribution in [0, 0.1) is 6.92 Å². The number of nitrogens with zero attached hydrogens (tertiary/aromatic N) is 1. The molecule has 0 fully saturated rings. The van der Waals surface area contributed by atoms with Gasteiger partial charge >= 0.3 is 0 Å². The van der Waals surface area contributed by atoms with Crippen LogP contribution in [-0.2, 0) is 0 Å². The van der Waals surface area contributed by atoms with E-state index in [1.54, 1.807) is 16.7 Å². The molecule has 0 heterocycles. The molecule has 0 radical (unpaired) electrons. The molecule has 0 aliphatic heterocycles. The maximum absolute atomic E-state index is 12.7. The van der Waals surface area contributed by atoms with E-state index in [4.69, 9.17) is 11.6 Å². The highest BCUT2D eigenvalue weighted by atomic mass is 35.5. The number of rotatable bonds is 8. The second-order valence-electron chi connectivity index (χ2n) is 8.35. The molecule has 0 aromatic heterocycles. The Balaban J connectivity index is 0.00000120. The van der Waals surface area contributed by atoms with Gasteiger partial charge in [-0.1, -0.05) is 93.9 Å². The van der Waals surface area contributed by atoms with Crippen LogP contribution < -0.4 is 0 Å². The van der Waals surface area contributed by atoms with E-state index in [0.29, 0.717) is 12.2 Å². The van der Waals surface area contributed by atoms with Crippen LogP contribution in [0.3, 0.4) is 0 Å². The van der Waals surface area contributed by atoms with Crippen LogP contribution in [0.1, 0.15) is 67.1 Å². The number of hydrogen-bond acceptors (Lipinski definition) is 2. The zero-order valence-corrected chi connectivity index (χ0v) is 24.0. The van der Waals surface area contributed by atoms with Crippen molar-refractivity contribution in [3.05, 3.63) is 101 Å². The Labute approximate surface area is 226 Å². The first-order valence-electron chi connectivity index (χ1n) is 12.3. The Morgan fingerprint density at radius 2 is 1.53 bits per heavy atom. The number of hydrogen-bond donors (Lipinski definition) is 0. The predicted octanol–water partition coefficient (Wildman–Crippen LogP) is 9.74. The predicted molar refractivity (Wildman–Crippen MR) is 156 cm³/mol. The summed E-state index contributed by atoms with van der Waals surface area (Å²) in [5.74, 6) is 0.0737. The number of carbonyl (C=O) groups is 1. The van der Waals surface area contributed by atoms with Crippen molar-refractivity contribution in [3.63, 3.8) is 0 Å². The van der Waals surface area contributed by atoms with Crippen molar-refractivity contribution in [2.45, 2.75) is 56.7 Å². The van der Waals surface area contributed by atoms with E-state index in [9.17, 15) is 9.18 Å². The lowest BCUT2D eigenvalue weighted by Crippen LogP contribution is -2.27. The molecule has 0 atom stereocenters. The van der Waals surface area contributed by atoms with Gasteiger partial charge in [-0.2, -0.15) is 0 Å². The van der Waals surface area contributed by atoms with Crippen LogP contribution in [0.5, 0.6) is 0 Å². The molecule has 3 aromatic carbocycles. The first kappa shape index (κ1) is 31.5. The summed E-state index contributed by atoms with van der Waals surface area (Å²) in [7, 11) is 2.37. The lowest BCUT2D eigenvalue weighted by molar-refractivity contribution is 0.0793. The molecule has 0 saturated heterocycles. The molecular weight excluding hydrogens is 489 g/mol. The molecule has 3 rings (SSSR count). The van der Waals surface area contributed by atoms with Gasteiger partial charge < -0.3 is 4.90 Å². The van der Waals surface area contributed by atoms with Crippen LogP contribution >= 0.6 is 23.4 Å². The number of carbonyl (C=O) groups excluding carboxylic acids is 1. The van der Waals surface area contributed by atoms with E-state index < -0.39 is 0 Å². The molecule has 0 aliphatic rings. The Morgan fingerprint density at radius 1 is 0.944 bits per heavy atom. The average Bonchev–Trinajstić information content (AvgIpc) is 2.90. The van der Waals surface area contributed by atoms with Gasteiger partial charge in [-0.05, 0) is 72.0 Å². The minimum atomic E-state index is 0.0737. The van der Waals surface area contributed by atoms with Crippen molar-refractivity contribution >= 4 is 34.8 Å². The fourth-order valence-corrected chi connectivity index (χ4v) is 4.51. The topological polar surface area (TPSA) is 20.3 Å². The van der Waals surface area contributed by atoms with Crippen molar-refractivity contribution in [2.24, 2.45) is 0 Å². The van der Waals surface area contributed by atoms with Crippen molar-refractivity contribution in [1.29, 1.82) is 0 Å². The van der Waals surface area contributed by atoms with Crippen LogP contribution in [0.25, 0.3) is 5.57 Å². The van der Waals surface area contributed by atoms with Crippen LogP contribution in [0.4, 0.5) is 4.39 Å². The summed E-state index contributed by atoms with van der Waals surface area (Å²) < 4.78 is 9.50. The number of amides is 1. The fourth-order valence-electron chi connectivity index (χ4n) is 3.34. The summed E-state index contributed by atoms with van der Waals surface area (Å²) >= 11 is 7.73. The molecule has 36 heavy (non-hydrogen) atoms. The summed E-state index contributed by atoms with van der Waals surface area (Å²) in [6.45, 7) is 13.5. The maximum atomic E-state index is 12.7. The minimum absolute atomic E-state index is 0.0737. The van der Waals surface area contributed by atoms with Gasteiger partial charge in [0.25, 0.3) is 5.91 Å². The first-order chi connectivity index (χ1) is 17.3. The van der Waals surface area contributed by atoms with Gasteiger partial charge in [0.1, 0.15) is 0 Å². The number of unbranched alkanes of at least 4 members (excludes halogenated alkanes) is 1. The van der Waals surface area contributed by atoms with Gasteiger partial charge in [0.15, 0.2) is 0 Å². The Morgan fingerprint density at radius 3 is 2.11 bits per heavy atom. The number of benzene rings is 3. The lowest BCUT2D eigenvalue weighted by Gasteiger charge is -2.18. The molecule has 0 N–H and O–H groups in total. The Hall–Kier alpha value is -2.56. The molecule has 0 saturated carbocycles. The van der Waals surface area contributed by atoms with E-state index in [0.717, 1.165) is 57.0 Å². The highest BCUT2D eigenvalue weighted by Gasteiger charge is 2.14. The van der Waals surface area contributed by atoms with Crippen molar-refractivity contribution in [3.8, 4) is 0 Å². The largest absolute Gasteiger partial charge is 0.342 e. The van der Waals surface area contributed by atoms with Gasteiger partial charge in [-0.25, -0.2) is 0 Å². The summed E-state index contributed by atoms with van der Waals surface area (Å²) in [6.07, 6.45) is 3.34. The zero-order valence-electron chi connectivity index (χ0n) is 22.4. The van der Waals surface area contributed by atoms with Crippen LogP contribution in [0.2, 0.25) is 5.02 Å². The van der Waals surface area contributed by atoms with E-state index in [1.807, 2.05) is 61.6 Å². The van der Waals surface area contributed by atoms with Crippen LogP contribution in [-0.4, -0.2) is 31.6 Å². The van der Waals surface area contributed by atoms with Crippen LogP contribution in [0.15, 0.2) is 83.1 Å². The summed E-state index contributed by atoms with van der Waals surface area (Å²) in [4.78, 5) is 16.8. The highest BCUT2D eigenvalue weighted by molar-refractivity contribution is 7.99. The monoisotopic (exact) mass is 527 g/mol. The van der Waals surface area contributed by atoms with E-state index in [2.05, 4.69) is 46.4 Å². The average molecular weight is 528 g/mol. The van der Waals surface area contributed by atoms with Gasteiger partial charge in [-0.15, -0.1) is 0 Å². The van der Waals surface area contributed by atoms with Crippen molar-refractivity contribution in [2.75, 3.05) is 20.8 Å². The third-order valence-electron chi connectivity index (χ3n) is 5.24. The summed E-state index contributed by atoms with van der Waals surface area (Å²) in [6, 6.07) is 22.0. The fraction of sp³-hybridized carbons (Fsp3) is 0.323. The molecule has 0 spiro atoms. The normalized spacial score (nSPS) is 9.89. The highest BCUT2D eigenvalue weighted by Crippen LogP contribution is 2.37. The Kier molecular flexibility index (Phi) is 14.9. The molecule has 3 aromatic rings. The molecule has 0 aliphatic carbocycles. The molecule has 0 unspecified atom stereocenters. The zero-order chi connectivity index (χ0) is 27.1. The third-order valence-corrected chi connectivity index (χ3v) is 6.75. The minimum Gasteiger partial charge on any atom is -0.342 e. The number of halogens is 2. The maximum Gasteiger partial charge on any atom is 0.253 e. The van der Waals surface area contributed by atoms with Crippen molar-refractivity contribution in [1.82, 2.24) is 4.90 Å². The van der Waals surface area contributed by atoms with Gasteiger partial charge in [0, 0.05) is 34.0 Å².